The van der Waals surface area contributed by atoms with Crippen LogP contribution in [0.15, 0.2) is 22.7 Å². The highest BCUT2D eigenvalue weighted by Crippen LogP contribution is 2.18. The fourth-order valence-corrected chi connectivity index (χ4v) is 2.66. The average molecular weight is 385 g/mol. The molecule has 0 heterocycles. The molecule has 0 fully saturated rings. The lowest BCUT2D eigenvalue weighted by Gasteiger charge is -2.08. The van der Waals surface area contributed by atoms with Gasteiger partial charge in [-0.3, -0.25) is 0 Å². The van der Waals surface area contributed by atoms with Gasteiger partial charge in [0.1, 0.15) is 0 Å². The summed E-state index contributed by atoms with van der Waals surface area (Å²) in [7, 11) is 0. The second-order valence-electron chi connectivity index (χ2n) is 6.08. The van der Waals surface area contributed by atoms with Crippen molar-refractivity contribution in [1.82, 2.24) is 0 Å². The molecular weight excluding hydrogens is 360 g/mol. The van der Waals surface area contributed by atoms with Gasteiger partial charge in [-0.2, -0.15) is 0 Å². The highest BCUT2D eigenvalue weighted by molar-refractivity contribution is 9.10. The van der Waals surface area contributed by atoms with Gasteiger partial charge in [0.15, 0.2) is 0 Å². The van der Waals surface area contributed by atoms with Crippen LogP contribution >= 0.6 is 15.9 Å². The summed E-state index contributed by atoms with van der Waals surface area (Å²) in [6, 6.07) is 4.52. The number of ether oxygens (including phenoxy) is 1. The highest BCUT2D eigenvalue weighted by atomic mass is 79.9. The molecule has 4 nitrogen and oxygen atoms in total. The first-order valence-corrected chi connectivity index (χ1v) is 8.91. The SMILES string of the molecule is CC(C)CCCCCCCOC(=O)c1ccc(Br)cc1C(=O)O. The summed E-state index contributed by atoms with van der Waals surface area (Å²) in [4.78, 5) is 23.2. The number of esters is 1. The molecule has 1 aromatic rings. The van der Waals surface area contributed by atoms with E-state index in [1.807, 2.05) is 0 Å². The van der Waals surface area contributed by atoms with E-state index in [0.717, 1.165) is 25.2 Å². The molecule has 0 bridgehead atoms. The highest BCUT2D eigenvalue weighted by Gasteiger charge is 2.17. The molecule has 23 heavy (non-hydrogen) atoms. The number of carboxylic acid groups (broad SMARTS) is 1. The molecule has 5 heteroatoms. The van der Waals surface area contributed by atoms with E-state index in [-0.39, 0.29) is 11.1 Å². The van der Waals surface area contributed by atoms with Gasteiger partial charge >= 0.3 is 11.9 Å². The standard InChI is InChI=1S/C18H25BrO4/c1-13(2)8-6-4-3-5-7-11-23-18(22)15-10-9-14(19)12-16(15)17(20)21/h9-10,12-13H,3-8,11H2,1-2H3,(H,20,21). The van der Waals surface area contributed by atoms with Crippen LogP contribution in [0.2, 0.25) is 0 Å². The molecule has 0 atom stereocenters. The van der Waals surface area contributed by atoms with Crippen molar-refractivity contribution in [3.63, 3.8) is 0 Å². The summed E-state index contributed by atoms with van der Waals surface area (Å²) in [5.41, 5.74) is 0.0516. The van der Waals surface area contributed by atoms with E-state index in [9.17, 15) is 9.59 Å². The molecule has 0 aliphatic rings. The Kier molecular flexibility index (Phi) is 8.92. The first-order chi connectivity index (χ1) is 10.9. The first kappa shape index (κ1) is 19.7. The Morgan fingerprint density at radius 2 is 1.74 bits per heavy atom. The summed E-state index contributed by atoms with van der Waals surface area (Å²) >= 11 is 3.20. The van der Waals surface area contributed by atoms with Crippen molar-refractivity contribution in [2.45, 2.75) is 52.4 Å². The van der Waals surface area contributed by atoms with Crippen LogP contribution in [0.1, 0.15) is 73.1 Å². The van der Waals surface area contributed by atoms with Crippen LogP contribution in [0, 0.1) is 5.92 Å². The number of halogens is 1. The number of carbonyl (C=O) groups excluding carboxylic acids is 1. The van der Waals surface area contributed by atoms with Crippen LogP contribution in [-0.4, -0.2) is 23.7 Å². The van der Waals surface area contributed by atoms with Crippen LogP contribution in [0.4, 0.5) is 0 Å². The number of carboxylic acids is 1. The van der Waals surface area contributed by atoms with Crippen LogP contribution in [0.25, 0.3) is 0 Å². The Balaban J connectivity index is 2.31. The second kappa shape index (κ2) is 10.4. The predicted octanol–water partition coefficient (Wildman–Crippen LogP) is 5.30. The van der Waals surface area contributed by atoms with E-state index in [0.29, 0.717) is 11.1 Å². The Morgan fingerprint density at radius 3 is 2.39 bits per heavy atom. The second-order valence-corrected chi connectivity index (χ2v) is 7.00. The molecule has 1 rings (SSSR count). The third-order valence-electron chi connectivity index (χ3n) is 3.59. The fraction of sp³-hybridized carbons (Fsp3) is 0.556. The van der Waals surface area contributed by atoms with E-state index in [1.54, 1.807) is 6.07 Å². The average Bonchev–Trinajstić information content (AvgIpc) is 2.49. The molecule has 0 radical (unpaired) electrons. The molecule has 0 spiro atoms. The molecule has 0 aliphatic carbocycles. The van der Waals surface area contributed by atoms with Crippen molar-refractivity contribution in [2.24, 2.45) is 5.92 Å². The van der Waals surface area contributed by atoms with Crippen LogP contribution in [-0.2, 0) is 4.74 Å². The van der Waals surface area contributed by atoms with E-state index in [2.05, 4.69) is 29.8 Å². The first-order valence-electron chi connectivity index (χ1n) is 8.11. The zero-order valence-electron chi connectivity index (χ0n) is 13.8. The Labute approximate surface area is 146 Å². The number of aromatic carboxylic acids is 1. The van der Waals surface area contributed by atoms with Crippen molar-refractivity contribution in [2.75, 3.05) is 6.61 Å². The van der Waals surface area contributed by atoms with Crippen molar-refractivity contribution in [1.29, 1.82) is 0 Å². The smallest absolute Gasteiger partial charge is 0.339 e. The number of rotatable bonds is 10. The maximum absolute atomic E-state index is 12.0. The van der Waals surface area contributed by atoms with E-state index in [1.165, 1.54) is 31.4 Å². The van der Waals surface area contributed by atoms with Gasteiger partial charge in [0.2, 0.25) is 0 Å². The number of carbonyl (C=O) groups is 2. The van der Waals surface area contributed by atoms with E-state index < -0.39 is 11.9 Å². The number of benzene rings is 1. The van der Waals surface area contributed by atoms with Gasteiger partial charge < -0.3 is 9.84 Å². The lowest BCUT2D eigenvalue weighted by atomic mass is 10.0. The largest absolute Gasteiger partial charge is 0.478 e. The zero-order chi connectivity index (χ0) is 17.2. The minimum Gasteiger partial charge on any atom is -0.478 e. The van der Waals surface area contributed by atoms with Crippen molar-refractivity contribution < 1.29 is 19.4 Å². The van der Waals surface area contributed by atoms with E-state index >= 15 is 0 Å². The maximum atomic E-state index is 12.0. The molecule has 0 unspecified atom stereocenters. The Morgan fingerprint density at radius 1 is 1.09 bits per heavy atom. The van der Waals surface area contributed by atoms with Crippen molar-refractivity contribution >= 4 is 27.9 Å². The third-order valence-corrected chi connectivity index (χ3v) is 4.08. The van der Waals surface area contributed by atoms with Gasteiger partial charge in [-0.15, -0.1) is 0 Å². The van der Waals surface area contributed by atoms with E-state index in [4.69, 9.17) is 9.84 Å². The molecule has 1 N–H and O–H groups in total. The number of unbranched alkanes of at least 4 members (excludes halogenated alkanes) is 4. The van der Waals surface area contributed by atoms with Gasteiger partial charge in [-0.1, -0.05) is 61.9 Å². The maximum Gasteiger partial charge on any atom is 0.339 e. The molecule has 0 saturated carbocycles. The van der Waals surface area contributed by atoms with Crippen LogP contribution < -0.4 is 0 Å². The molecule has 0 amide bonds. The molecule has 128 valence electrons. The normalized spacial score (nSPS) is 10.8. The quantitative estimate of drug-likeness (QED) is 0.438. The summed E-state index contributed by atoms with van der Waals surface area (Å²) in [6.07, 6.45) is 6.70. The fourth-order valence-electron chi connectivity index (χ4n) is 2.30. The van der Waals surface area contributed by atoms with Gasteiger partial charge in [-0.25, -0.2) is 9.59 Å². The molecule has 1 aromatic carbocycles. The molecule has 0 saturated heterocycles. The Bertz CT molecular complexity index is 526. The predicted molar refractivity (Wildman–Crippen MR) is 93.9 cm³/mol. The van der Waals surface area contributed by atoms with Gasteiger partial charge in [-0.05, 0) is 30.5 Å². The van der Waals surface area contributed by atoms with Crippen molar-refractivity contribution in [3.05, 3.63) is 33.8 Å². The zero-order valence-corrected chi connectivity index (χ0v) is 15.4. The van der Waals surface area contributed by atoms with Crippen molar-refractivity contribution in [3.8, 4) is 0 Å². The lowest BCUT2D eigenvalue weighted by Crippen LogP contribution is -2.12. The minimum absolute atomic E-state index is 0.0435. The molecule has 0 aromatic heterocycles. The molecule has 0 aliphatic heterocycles. The van der Waals surface area contributed by atoms with Gasteiger partial charge in [0, 0.05) is 4.47 Å². The summed E-state index contributed by atoms with van der Waals surface area (Å²) in [5, 5.41) is 9.14. The summed E-state index contributed by atoms with van der Waals surface area (Å²) in [6.45, 7) is 4.79. The van der Waals surface area contributed by atoms with Gasteiger partial charge in [0.05, 0.1) is 17.7 Å². The summed E-state index contributed by atoms with van der Waals surface area (Å²) in [5.74, 6) is -0.955. The molecular formula is C18H25BrO4. The van der Waals surface area contributed by atoms with Crippen LogP contribution in [0.3, 0.4) is 0 Å². The lowest BCUT2D eigenvalue weighted by molar-refractivity contribution is 0.0487. The number of hydrogen-bond donors (Lipinski definition) is 1. The Hall–Kier alpha value is -1.36. The van der Waals surface area contributed by atoms with Crippen LogP contribution in [0.5, 0.6) is 0 Å². The third kappa shape index (κ3) is 7.64. The van der Waals surface area contributed by atoms with Gasteiger partial charge in [0.25, 0.3) is 0 Å². The number of hydrogen-bond acceptors (Lipinski definition) is 3. The monoisotopic (exact) mass is 384 g/mol. The minimum atomic E-state index is -1.14. The topological polar surface area (TPSA) is 63.6 Å². The summed E-state index contributed by atoms with van der Waals surface area (Å²) < 4.78 is 5.80.